The summed E-state index contributed by atoms with van der Waals surface area (Å²) in [7, 11) is 1.50. The number of aromatic nitrogens is 3. The molecule has 3 aromatic rings. The van der Waals surface area contributed by atoms with Gasteiger partial charge in [-0.1, -0.05) is 0 Å². The quantitative estimate of drug-likeness (QED) is 0.426. The number of pyridine rings is 1. The SMILES string of the molecule is COc1cc(/C=C/C(=O)NN2CCCN(c3cc(F)c(F)c(F)c3)C2=O)cnc1-n1cnc(C)c1. The standard InChI is InChI=1S/C23H21F3N6O3/c1-14-12-30(13-28-14)22-19(35-2)8-15(11-27-22)4-5-20(33)29-32-7-3-6-31(23(32)34)16-9-17(24)21(26)18(25)10-16/h4-5,8-13H,3,6-7H2,1-2H3,(H,29,33)/b5-4+. The van der Waals surface area contributed by atoms with Crippen LogP contribution in [-0.2, 0) is 4.79 Å². The van der Waals surface area contributed by atoms with Crippen LogP contribution >= 0.6 is 0 Å². The summed E-state index contributed by atoms with van der Waals surface area (Å²) in [6.07, 6.45) is 8.05. The zero-order valence-electron chi connectivity index (χ0n) is 18.8. The van der Waals surface area contributed by atoms with E-state index in [0.717, 1.165) is 27.7 Å². The molecule has 0 bridgehead atoms. The fourth-order valence-electron chi connectivity index (χ4n) is 3.53. The predicted octanol–water partition coefficient (Wildman–Crippen LogP) is 3.38. The Kier molecular flexibility index (Phi) is 6.71. The molecule has 12 heteroatoms. The Morgan fingerprint density at radius 2 is 1.89 bits per heavy atom. The largest absolute Gasteiger partial charge is 0.493 e. The van der Waals surface area contributed by atoms with Gasteiger partial charge in [0.25, 0.3) is 5.91 Å². The van der Waals surface area contributed by atoms with Crippen LogP contribution in [0.25, 0.3) is 11.9 Å². The Hall–Kier alpha value is -4.35. The molecule has 0 radical (unpaired) electrons. The molecule has 182 valence electrons. The van der Waals surface area contributed by atoms with Crippen molar-refractivity contribution in [2.75, 3.05) is 25.1 Å². The normalized spacial score (nSPS) is 14.0. The van der Waals surface area contributed by atoms with Gasteiger partial charge in [0.05, 0.1) is 18.5 Å². The van der Waals surface area contributed by atoms with E-state index in [2.05, 4.69) is 15.4 Å². The van der Waals surface area contributed by atoms with Gasteiger partial charge in [-0.2, -0.15) is 0 Å². The number of benzene rings is 1. The van der Waals surface area contributed by atoms with E-state index >= 15 is 0 Å². The lowest BCUT2D eigenvalue weighted by atomic mass is 10.2. The number of anilines is 1. The number of imidazole rings is 1. The van der Waals surface area contributed by atoms with Gasteiger partial charge in [0.15, 0.2) is 29.0 Å². The third-order valence-corrected chi connectivity index (χ3v) is 5.21. The number of ether oxygens (including phenoxy) is 1. The number of nitrogens with one attached hydrogen (secondary N) is 1. The van der Waals surface area contributed by atoms with E-state index in [1.165, 1.54) is 19.3 Å². The molecular formula is C23H21F3N6O3. The van der Waals surface area contributed by atoms with Crippen LogP contribution in [0, 0.1) is 24.4 Å². The highest BCUT2D eigenvalue weighted by molar-refractivity contribution is 5.97. The van der Waals surface area contributed by atoms with Gasteiger partial charge in [0.1, 0.15) is 6.33 Å². The smallest absolute Gasteiger partial charge is 0.343 e. The van der Waals surface area contributed by atoms with Crippen LogP contribution in [0.5, 0.6) is 5.75 Å². The molecule has 1 N–H and O–H groups in total. The van der Waals surface area contributed by atoms with E-state index in [4.69, 9.17) is 4.74 Å². The van der Waals surface area contributed by atoms with Crippen LogP contribution in [0.3, 0.4) is 0 Å². The lowest BCUT2D eigenvalue weighted by Gasteiger charge is -2.35. The lowest BCUT2D eigenvalue weighted by Crippen LogP contribution is -2.56. The van der Waals surface area contributed by atoms with Crippen LogP contribution in [0.2, 0.25) is 0 Å². The van der Waals surface area contributed by atoms with Crippen molar-refractivity contribution in [3.8, 4) is 11.6 Å². The molecule has 2 aromatic heterocycles. The first-order valence-corrected chi connectivity index (χ1v) is 10.5. The predicted molar refractivity (Wildman–Crippen MR) is 120 cm³/mol. The number of halogens is 3. The number of hydrogen-bond donors (Lipinski definition) is 1. The fraction of sp³-hybridized carbons (Fsp3) is 0.217. The van der Waals surface area contributed by atoms with Crippen molar-refractivity contribution in [3.05, 3.63) is 71.7 Å². The molecule has 0 saturated carbocycles. The van der Waals surface area contributed by atoms with Gasteiger partial charge in [-0.25, -0.2) is 32.9 Å². The maximum atomic E-state index is 13.6. The molecule has 0 atom stereocenters. The van der Waals surface area contributed by atoms with E-state index in [9.17, 15) is 22.8 Å². The zero-order valence-corrected chi connectivity index (χ0v) is 18.8. The van der Waals surface area contributed by atoms with Crippen LogP contribution in [-0.4, -0.2) is 51.7 Å². The van der Waals surface area contributed by atoms with E-state index < -0.39 is 29.4 Å². The average molecular weight is 486 g/mol. The Balaban J connectivity index is 1.44. The topological polar surface area (TPSA) is 92.6 Å². The van der Waals surface area contributed by atoms with Gasteiger partial charge in [0.2, 0.25) is 0 Å². The molecule has 1 saturated heterocycles. The summed E-state index contributed by atoms with van der Waals surface area (Å²) in [5.41, 5.74) is 3.68. The maximum absolute atomic E-state index is 13.6. The first kappa shape index (κ1) is 23.8. The molecule has 0 aliphatic carbocycles. The van der Waals surface area contributed by atoms with E-state index in [0.29, 0.717) is 23.6 Å². The van der Waals surface area contributed by atoms with Gasteiger partial charge in [0, 0.05) is 43.7 Å². The summed E-state index contributed by atoms with van der Waals surface area (Å²) >= 11 is 0. The number of hydrazine groups is 1. The summed E-state index contributed by atoms with van der Waals surface area (Å²) in [5, 5.41) is 1.03. The Bertz CT molecular complexity index is 1290. The number of hydrogen-bond acceptors (Lipinski definition) is 5. The van der Waals surface area contributed by atoms with Crippen molar-refractivity contribution in [2.45, 2.75) is 13.3 Å². The number of amides is 3. The summed E-state index contributed by atoms with van der Waals surface area (Å²) in [5.74, 6) is -4.05. The van der Waals surface area contributed by atoms with Crippen molar-refractivity contribution in [1.82, 2.24) is 25.0 Å². The highest BCUT2D eigenvalue weighted by atomic mass is 19.2. The molecule has 3 heterocycles. The highest BCUT2D eigenvalue weighted by Gasteiger charge is 2.29. The zero-order chi connectivity index (χ0) is 25.1. The number of rotatable bonds is 6. The second kappa shape index (κ2) is 9.87. The van der Waals surface area contributed by atoms with Crippen LogP contribution < -0.4 is 15.1 Å². The number of urea groups is 1. The van der Waals surface area contributed by atoms with Gasteiger partial charge in [-0.15, -0.1) is 0 Å². The maximum Gasteiger partial charge on any atom is 0.343 e. The lowest BCUT2D eigenvalue weighted by molar-refractivity contribution is -0.120. The van der Waals surface area contributed by atoms with Crippen molar-refractivity contribution in [1.29, 1.82) is 0 Å². The van der Waals surface area contributed by atoms with Crippen molar-refractivity contribution < 1.29 is 27.5 Å². The van der Waals surface area contributed by atoms with E-state index in [1.54, 1.807) is 29.4 Å². The molecule has 1 aromatic carbocycles. The van der Waals surface area contributed by atoms with Crippen molar-refractivity contribution in [3.63, 3.8) is 0 Å². The minimum atomic E-state index is -1.62. The Morgan fingerprint density at radius 1 is 1.14 bits per heavy atom. The molecule has 3 amide bonds. The minimum Gasteiger partial charge on any atom is -0.493 e. The molecule has 35 heavy (non-hydrogen) atoms. The Labute approximate surface area is 198 Å². The second-order valence-corrected chi connectivity index (χ2v) is 7.69. The average Bonchev–Trinajstić information content (AvgIpc) is 3.28. The number of nitrogens with zero attached hydrogens (tertiary/aromatic N) is 5. The monoisotopic (exact) mass is 486 g/mol. The van der Waals surface area contributed by atoms with Crippen LogP contribution in [0.4, 0.5) is 23.7 Å². The highest BCUT2D eigenvalue weighted by Crippen LogP contribution is 2.25. The van der Waals surface area contributed by atoms with E-state index in [1.807, 2.05) is 6.92 Å². The first-order valence-electron chi connectivity index (χ1n) is 10.5. The van der Waals surface area contributed by atoms with Gasteiger partial charge >= 0.3 is 6.03 Å². The number of aryl methyl sites for hydroxylation is 1. The molecular weight excluding hydrogens is 465 g/mol. The molecule has 1 aliphatic rings. The van der Waals surface area contributed by atoms with Crippen molar-refractivity contribution >= 4 is 23.7 Å². The Morgan fingerprint density at radius 3 is 2.54 bits per heavy atom. The third-order valence-electron chi connectivity index (χ3n) is 5.21. The van der Waals surface area contributed by atoms with Crippen molar-refractivity contribution in [2.24, 2.45) is 0 Å². The first-order chi connectivity index (χ1) is 16.8. The van der Waals surface area contributed by atoms with E-state index in [-0.39, 0.29) is 18.8 Å². The third kappa shape index (κ3) is 5.10. The molecule has 0 unspecified atom stereocenters. The minimum absolute atomic E-state index is 0.146. The number of methoxy groups -OCH3 is 1. The van der Waals surface area contributed by atoms with Gasteiger partial charge < -0.3 is 4.74 Å². The molecule has 1 aliphatic heterocycles. The molecule has 0 spiro atoms. The summed E-state index contributed by atoms with van der Waals surface area (Å²) in [6.45, 7) is 2.19. The van der Waals surface area contributed by atoms with Gasteiger partial charge in [-0.05, 0) is 31.1 Å². The molecule has 9 nitrogen and oxygen atoms in total. The molecule has 4 rings (SSSR count). The van der Waals surface area contributed by atoms with Crippen LogP contribution in [0.1, 0.15) is 17.7 Å². The van der Waals surface area contributed by atoms with Gasteiger partial charge in [-0.3, -0.25) is 19.7 Å². The second-order valence-electron chi connectivity index (χ2n) is 7.69. The molecule has 1 fully saturated rings. The number of carbonyl (C=O) groups excluding carboxylic acids is 2. The fourth-order valence-corrected chi connectivity index (χ4v) is 3.53. The number of carbonyl (C=O) groups is 2. The summed E-state index contributed by atoms with van der Waals surface area (Å²) < 4.78 is 47.6. The van der Waals surface area contributed by atoms with Crippen LogP contribution in [0.15, 0.2) is 43.0 Å². The summed E-state index contributed by atoms with van der Waals surface area (Å²) in [4.78, 5) is 34.7. The summed E-state index contributed by atoms with van der Waals surface area (Å²) in [6, 6.07) is 2.45.